The fourth-order valence-electron chi connectivity index (χ4n) is 1.86. The third-order valence-corrected chi connectivity index (χ3v) is 2.98. The first-order valence-electron chi connectivity index (χ1n) is 5.96. The van der Waals surface area contributed by atoms with Gasteiger partial charge in [-0.15, -0.1) is 0 Å². The smallest absolute Gasteiger partial charge is 0.226 e. The zero-order valence-electron chi connectivity index (χ0n) is 10.0. The second-order valence-electron chi connectivity index (χ2n) is 4.38. The number of amides is 1. The molecule has 5 heteroatoms. The molecule has 0 unspecified atom stereocenters. The molecule has 0 atom stereocenters. The summed E-state index contributed by atoms with van der Waals surface area (Å²) < 4.78 is 18.4. The third kappa shape index (κ3) is 2.98. The van der Waals surface area contributed by atoms with E-state index in [1.807, 2.05) is 0 Å². The predicted molar refractivity (Wildman–Crippen MR) is 63.7 cm³/mol. The van der Waals surface area contributed by atoms with Crippen molar-refractivity contribution in [1.29, 1.82) is 0 Å². The van der Waals surface area contributed by atoms with Gasteiger partial charge in [-0.25, -0.2) is 4.39 Å². The van der Waals surface area contributed by atoms with Gasteiger partial charge in [0, 0.05) is 25.6 Å². The SMILES string of the molecule is O=C(CCOc1ccccc1F)N1CC(CO)C1. The van der Waals surface area contributed by atoms with Crippen LogP contribution in [0.4, 0.5) is 4.39 Å². The van der Waals surface area contributed by atoms with Crippen molar-refractivity contribution in [1.82, 2.24) is 4.90 Å². The van der Waals surface area contributed by atoms with Crippen LogP contribution in [0.1, 0.15) is 6.42 Å². The number of rotatable bonds is 5. The fraction of sp³-hybridized carbons (Fsp3) is 0.462. The van der Waals surface area contributed by atoms with Crippen molar-refractivity contribution in [3.8, 4) is 5.75 Å². The van der Waals surface area contributed by atoms with Crippen LogP contribution < -0.4 is 4.74 Å². The van der Waals surface area contributed by atoms with Crippen LogP contribution in [0.15, 0.2) is 24.3 Å². The quantitative estimate of drug-likeness (QED) is 0.853. The molecule has 18 heavy (non-hydrogen) atoms. The summed E-state index contributed by atoms with van der Waals surface area (Å²) >= 11 is 0. The van der Waals surface area contributed by atoms with E-state index in [1.165, 1.54) is 12.1 Å². The molecule has 0 radical (unpaired) electrons. The summed E-state index contributed by atoms with van der Waals surface area (Å²) in [5.74, 6) is -0.0612. The van der Waals surface area contributed by atoms with E-state index in [2.05, 4.69) is 0 Å². The van der Waals surface area contributed by atoms with Gasteiger partial charge in [0.2, 0.25) is 5.91 Å². The molecule has 98 valence electrons. The molecule has 1 saturated heterocycles. The van der Waals surface area contributed by atoms with Crippen LogP contribution in [0, 0.1) is 11.7 Å². The molecule has 1 N–H and O–H groups in total. The molecular weight excluding hydrogens is 237 g/mol. The van der Waals surface area contributed by atoms with Crippen LogP contribution in [-0.4, -0.2) is 42.2 Å². The number of carbonyl (C=O) groups excluding carboxylic acids is 1. The number of nitrogens with zero attached hydrogens (tertiary/aromatic N) is 1. The molecule has 1 fully saturated rings. The molecule has 0 bridgehead atoms. The lowest BCUT2D eigenvalue weighted by Crippen LogP contribution is -2.51. The highest BCUT2D eigenvalue weighted by atomic mass is 19.1. The van der Waals surface area contributed by atoms with E-state index >= 15 is 0 Å². The lowest BCUT2D eigenvalue weighted by molar-refractivity contribution is -0.138. The van der Waals surface area contributed by atoms with Crippen LogP contribution in [0.25, 0.3) is 0 Å². The first-order chi connectivity index (χ1) is 8.70. The molecule has 1 heterocycles. The summed E-state index contributed by atoms with van der Waals surface area (Å²) in [5, 5.41) is 8.84. The van der Waals surface area contributed by atoms with Crippen molar-refractivity contribution in [3.05, 3.63) is 30.1 Å². The van der Waals surface area contributed by atoms with Crippen LogP contribution in [0.2, 0.25) is 0 Å². The van der Waals surface area contributed by atoms with Gasteiger partial charge in [-0.3, -0.25) is 4.79 Å². The Bertz CT molecular complexity index is 418. The molecule has 1 aliphatic rings. The van der Waals surface area contributed by atoms with Crippen molar-refractivity contribution < 1.29 is 19.0 Å². The standard InChI is InChI=1S/C13H16FNO3/c14-11-3-1-2-4-12(11)18-6-5-13(17)15-7-10(8-15)9-16/h1-4,10,16H,5-9H2. The first-order valence-corrected chi connectivity index (χ1v) is 5.96. The Labute approximate surface area is 105 Å². The van der Waals surface area contributed by atoms with Crippen molar-refractivity contribution in [2.24, 2.45) is 5.92 Å². The Morgan fingerprint density at radius 3 is 2.83 bits per heavy atom. The van der Waals surface area contributed by atoms with E-state index in [9.17, 15) is 9.18 Å². The van der Waals surface area contributed by atoms with Gasteiger partial charge in [0.1, 0.15) is 0 Å². The third-order valence-electron chi connectivity index (χ3n) is 2.98. The lowest BCUT2D eigenvalue weighted by atomic mass is 10.0. The number of aliphatic hydroxyl groups excluding tert-OH is 1. The molecule has 1 aromatic carbocycles. The van der Waals surface area contributed by atoms with E-state index in [-0.39, 0.29) is 37.2 Å². The van der Waals surface area contributed by atoms with E-state index in [4.69, 9.17) is 9.84 Å². The van der Waals surface area contributed by atoms with Crippen molar-refractivity contribution in [2.45, 2.75) is 6.42 Å². The predicted octanol–water partition coefficient (Wildman–Crippen LogP) is 1.05. The highest BCUT2D eigenvalue weighted by molar-refractivity contribution is 5.77. The van der Waals surface area contributed by atoms with Crippen molar-refractivity contribution in [3.63, 3.8) is 0 Å². The maximum absolute atomic E-state index is 13.2. The average Bonchev–Trinajstić information content (AvgIpc) is 2.30. The van der Waals surface area contributed by atoms with Gasteiger partial charge in [-0.1, -0.05) is 12.1 Å². The Balaban J connectivity index is 1.70. The molecule has 1 aliphatic heterocycles. The molecule has 2 rings (SSSR count). The summed E-state index contributed by atoms with van der Waals surface area (Å²) in [6.07, 6.45) is 0.229. The van der Waals surface area contributed by atoms with Crippen molar-refractivity contribution in [2.75, 3.05) is 26.3 Å². The number of aliphatic hydroxyl groups is 1. The topological polar surface area (TPSA) is 49.8 Å². The molecule has 0 aromatic heterocycles. The van der Waals surface area contributed by atoms with Gasteiger partial charge in [0.25, 0.3) is 0 Å². The summed E-state index contributed by atoms with van der Waals surface area (Å²) in [4.78, 5) is 13.3. The van der Waals surface area contributed by atoms with Crippen LogP contribution in [0.3, 0.4) is 0 Å². The number of likely N-dealkylation sites (tertiary alicyclic amines) is 1. The normalized spacial score (nSPS) is 15.3. The van der Waals surface area contributed by atoms with E-state index in [0.29, 0.717) is 13.1 Å². The zero-order chi connectivity index (χ0) is 13.0. The average molecular weight is 253 g/mol. The summed E-state index contributed by atoms with van der Waals surface area (Å²) in [6, 6.07) is 6.12. The van der Waals surface area contributed by atoms with Gasteiger partial charge in [0.05, 0.1) is 13.0 Å². The minimum Gasteiger partial charge on any atom is -0.490 e. The monoisotopic (exact) mass is 253 g/mol. The molecule has 1 aromatic rings. The number of para-hydroxylation sites is 1. The molecule has 0 spiro atoms. The highest BCUT2D eigenvalue weighted by Gasteiger charge is 2.29. The lowest BCUT2D eigenvalue weighted by Gasteiger charge is -2.38. The van der Waals surface area contributed by atoms with E-state index in [1.54, 1.807) is 17.0 Å². The second-order valence-corrected chi connectivity index (χ2v) is 4.38. The van der Waals surface area contributed by atoms with Crippen LogP contribution in [-0.2, 0) is 4.79 Å². The minimum absolute atomic E-state index is 0.0176. The number of hydrogen-bond acceptors (Lipinski definition) is 3. The molecule has 4 nitrogen and oxygen atoms in total. The Hall–Kier alpha value is -1.62. The maximum atomic E-state index is 13.2. The van der Waals surface area contributed by atoms with Gasteiger partial charge in [0.15, 0.2) is 11.6 Å². The number of hydrogen-bond donors (Lipinski definition) is 1. The maximum Gasteiger partial charge on any atom is 0.226 e. The number of benzene rings is 1. The Morgan fingerprint density at radius 1 is 1.44 bits per heavy atom. The van der Waals surface area contributed by atoms with Gasteiger partial charge in [-0.2, -0.15) is 0 Å². The van der Waals surface area contributed by atoms with Crippen LogP contribution >= 0.6 is 0 Å². The summed E-state index contributed by atoms with van der Waals surface area (Å²) in [5.41, 5.74) is 0. The zero-order valence-corrected chi connectivity index (χ0v) is 10.0. The van der Waals surface area contributed by atoms with Crippen LogP contribution in [0.5, 0.6) is 5.75 Å². The fourth-order valence-corrected chi connectivity index (χ4v) is 1.86. The van der Waals surface area contributed by atoms with Gasteiger partial charge >= 0.3 is 0 Å². The Morgan fingerprint density at radius 2 is 2.17 bits per heavy atom. The number of halogens is 1. The molecule has 0 aliphatic carbocycles. The largest absolute Gasteiger partial charge is 0.490 e. The Kier molecular flexibility index (Phi) is 4.15. The van der Waals surface area contributed by atoms with Gasteiger partial charge < -0.3 is 14.7 Å². The van der Waals surface area contributed by atoms with Gasteiger partial charge in [-0.05, 0) is 12.1 Å². The summed E-state index contributed by atoms with van der Waals surface area (Å²) in [7, 11) is 0. The molecule has 1 amide bonds. The number of carbonyl (C=O) groups is 1. The molecular formula is C13H16FNO3. The number of ether oxygens (including phenoxy) is 1. The van der Waals surface area contributed by atoms with E-state index < -0.39 is 5.82 Å². The second kappa shape index (κ2) is 5.82. The minimum atomic E-state index is -0.422. The molecule has 0 saturated carbocycles. The van der Waals surface area contributed by atoms with E-state index in [0.717, 1.165) is 0 Å². The first kappa shape index (κ1) is 12.8. The highest BCUT2D eigenvalue weighted by Crippen LogP contribution is 2.17. The summed E-state index contributed by atoms with van der Waals surface area (Å²) in [6.45, 7) is 1.50. The van der Waals surface area contributed by atoms with Crippen molar-refractivity contribution >= 4 is 5.91 Å².